The Morgan fingerprint density at radius 3 is 2.37 bits per heavy atom. The molecule has 10 heteroatoms. The van der Waals surface area contributed by atoms with Gasteiger partial charge in [-0.15, -0.1) is 5.11 Å². The standard InChI is InChI=1S/C33H40F2N6O2/c1-4-5-6-7-28(23-8-10-24(11-9-23)31(42)36-19-29-37-20-38-40-29)41-32(43)30(25-16-26(34)18-27(35)17-25)39-33(41)14-12-22(13-15-33)21(2)3/h8-11,16-18,21-22,28H,4-7,12-15,19-20H2,1-3H3,(H,36,42)/t22?,28-,33?/m1/s1. The summed E-state index contributed by atoms with van der Waals surface area (Å²) >= 11 is 0. The van der Waals surface area contributed by atoms with E-state index in [0.717, 1.165) is 43.7 Å². The third-order valence-electron chi connectivity index (χ3n) is 8.96. The van der Waals surface area contributed by atoms with Gasteiger partial charge in [0.15, 0.2) is 12.5 Å². The number of carbonyl (C=O) groups excluding carboxylic acids is 2. The van der Waals surface area contributed by atoms with E-state index in [1.54, 1.807) is 12.1 Å². The molecule has 0 saturated heterocycles. The molecule has 228 valence electrons. The number of azo groups is 1. The molecule has 43 heavy (non-hydrogen) atoms. The first-order valence-corrected chi connectivity index (χ1v) is 15.4. The number of benzene rings is 2. The predicted octanol–water partition coefficient (Wildman–Crippen LogP) is 7.01. The number of nitrogens with one attached hydrogen (secondary N) is 1. The van der Waals surface area contributed by atoms with Crippen LogP contribution in [0.1, 0.15) is 99.7 Å². The number of halogens is 2. The first-order chi connectivity index (χ1) is 20.7. The second-order valence-electron chi connectivity index (χ2n) is 12.1. The summed E-state index contributed by atoms with van der Waals surface area (Å²) in [6, 6.07) is 10.2. The molecule has 1 N–H and O–H groups in total. The van der Waals surface area contributed by atoms with Crippen molar-refractivity contribution in [3.63, 3.8) is 0 Å². The first kappa shape index (κ1) is 30.6. The molecule has 1 saturated carbocycles. The number of unbranched alkanes of at least 4 members (excludes halogenated alkanes) is 2. The van der Waals surface area contributed by atoms with Gasteiger partial charge in [0.05, 0.1) is 12.6 Å². The quantitative estimate of drug-likeness (QED) is 0.285. The Bertz CT molecular complexity index is 1410. The van der Waals surface area contributed by atoms with Crippen molar-refractivity contribution in [3.8, 4) is 0 Å². The Kier molecular flexibility index (Phi) is 9.42. The second kappa shape index (κ2) is 13.2. The van der Waals surface area contributed by atoms with Crippen LogP contribution in [0.5, 0.6) is 0 Å². The van der Waals surface area contributed by atoms with Crippen LogP contribution >= 0.6 is 0 Å². The van der Waals surface area contributed by atoms with Gasteiger partial charge in [-0.05, 0) is 73.8 Å². The van der Waals surface area contributed by atoms with Crippen LogP contribution in [0.25, 0.3) is 0 Å². The third-order valence-corrected chi connectivity index (χ3v) is 8.96. The topological polar surface area (TPSA) is 98.9 Å². The number of amides is 2. The molecule has 2 aromatic rings. The molecular weight excluding hydrogens is 550 g/mol. The summed E-state index contributed by atoms with van der Waals surface area (Å²) in [5, 5.41) is 10.5. The summed E-state index contributed by atoms with van der Waals surface area (Å²) < 4.78 is 28.6. The van der Waals surface area contributed by atoms with Crippen LogP contribution < -0.4 is 5.32 Å². The van der Waals surface area contributed by atoms with Crippen LogP contribution in [0, 0.1) is 23.5 Å². The zero-order valence-corrected chi connectivity index (χ0v) is 25.2. The molecule has 1 atom stereocenters. The number of hydrogen-bond donors (Lipinski definition) is 1. The van der Waals surface area contributed by atoms with Crippen molar-refractivity contribution in [3.05, 3.63) is 70.8 Å². The number of hydrogen-bond acceptors (Lipinski definition) is 6. The van der Waals surface area contributed by atoms with Gasteiger partial charge in [0.1, 0.15) is 23.0 Å². The van der Waals surface area contributed by atoms with Crippen molar-refractivity contribution in [2.24, 2.45) is 32.0 Å². The van der Waals surface area contributed by atoms with Gasteiger partial charge < -0.3 is 10.2 Å². The fraction of sp³-hybridized carbons (Fsp3) is 0.515. The van der Waals surface area contributed by atoms with Gasteiger partial charge >= 0.3 is 0 Å². The molecule has 0 radical (unpaired) electrons. The van der Waals surface area contributed by atoms with E-state index in [9.17, 15) is 18.4 Å². The average molecular weight is 591 g/mol. The molecule has 2 amide bonds. The number of nitrogens with zero attached hydrogens (tertiary/aromatic N) is 5. The average Bonchev–Trinajstić information content (AvgIpc) is 3.61. The van der Waals surface area contributed by atoms with Gasteiger partial charge in [0.25, 0.3) is 11.8 Å². The van der Waals surface area contributed by atoms with E-state index in [1.807, 2.05) is 17.0 Å². The minimum atomic E-state index is -0.788. The monoisotopic (exact) mass is 590 g/mol. The van der Waals surface area contributed by atoms with Crippen molar-refractivity contribution in [1.29, 1.82) is 0 Å². The highest BCUT2D eigenvalue weighted by Crippen LogP contribution is 2.48. The Hall–Kier alpha value is -3.82. The maximum atomic E-state index is 14.3. The van der Waals surface area contributed by atoms with Crippen molar-refractivity contribution >= 4 is 23.4 Å². The smallest absolute Gasteiger partial charge is 0.275 e. The fourth-order valence-corrected chi connectivity index (χ4v) is 6.54. The predicted molar refractivity (Wildman–Crippen MR) is 162 cm³/mol. The molecular formula is C33H40F2N6O2. The number of carbonyl (C=O) groups is 2. The van der Waals surface area contributed by atoms with Crippen LogP contribution in [0.3, 0.4) is 0 Å². The van der Waals surface area contributed by atoms with Crippen LogP contribution in [0.4, 0.5) is 8.78 Å². The van der Waals surface area contributed by atoms with Crippen LogP contribution in [-0.4, -0.2) is 47.1 Å². The van der Waals surface area contributed by atoms with E-state index in [-0.39, 0.29) is 42.3 Å². The Balaban J connectivity index is 1.47. The summed E-state index contributed by atoms with van der Waals surface area (Å²) in [5.74, 6) is -0.495. The lowest BCUT2D eigenvalue weighted by Gasteiger charge is -2.46. The van der Waals surface area contributed by atoms with Crippen molar-refractivity contribution < 1.29 is 18.4 Å². The summed E-state index contributed by atoms with van der Waals surface area (Å²) in [6.07, 6.45) is 6.86. The van der Waals surface area contributed by atoms with Crippen LogP contribution in [0.2, 0.25) is 0 Å². The Morgan fingerprint density at radius 2 is 1.77 bits per heavy atom. The maximum Gasteiger partial charge on any atom is 0.275 e. The minimum Gasteiger partial charge on any atom is -0.345 e. The first-order valence-electron chi connectivity index (χ1n) is 15.4. The minimum absolute atomic E-state index is 0.116. The van der Waals surface area contributed by atoms with Gasteiger partial charge in [-0.1, -0.05) is 52.2 Å². The van der Waals surface area contributed by atoms with Crippen molar-refractivity contribution in [2.75, 3.05) is 13.2 Å². The number of rotatable bonds is 11. The zero-order chi connectivity index (χ0) is 30.6. The molecule has 2 aromatic carbocycles. The molecule has 1 spiro atoms. The highest BCUT2D eigenvalue weighted by atomic mass is 19.1. The van der Waals surface area contributed by atoms with Gasteiger partial charge in [-0.2, -0.15) is 5.11 Å². The molecule has 3 aliphatic rings. The molecule has 0 bridgehead atoms. The molecule has 5 rings (SSSR count). The molecule has 1 fully saturated rings. The summed E-state index contributed by atoms with van der Waals surface area (Å²) in [5.41, 5.74) is 0.885. The van der Waals surface area contributed by atoms with Gasteiger partial charge in [0, 0.05) is 17.2 Å². The molecule has 0 aromatic heterocycles. The number of aliphatic imine (C=N–C) groups is 2. The fourth-order valence-electron chi connectivity index (χ4n) is 6.54. The summed E-state index contributed by atoms with van der Waals surface area (Å²) in [4.78, 5) is 38.1. The van der Waals surface area contributed by atoms with Crippen LogP contribution in [-0.2, 0) is 4.79 Å². The van der Waals surface area contributed by atoms with E-state index >= 15 is 0 Å². The van der Waals surface area contributed by atoms with Gasteiger partial charge in [0.2, 0.25) is 0 Å². The highest BCUT2D eigenvalue weighted by Gasteiger charge is 2.52. The lowest BCUT2D eigenvalue weighted by Crippen LogP contribution is -2.51. The molecule has 8 nitrogen and oxygen atoms in total. The normalized spacial score (nSPS) is 22.3. The van der Waals surface area contributed by atoms with E-state index in [0.29, 0.717) is 42.5 Å². The van der Waals surface area contributed by atoms with Gasteiger partial charge in [-0.25, -0.2) is 13.8 Å². The van der Waals surface area contributed by atoms with Crippen LogP contribution in [0.15, 0.2) is 62.7 Å². The van der Waals surface area contributed by atoms with E-state index < -0.39 is 17.3 Å². The third kappa shape index (κ3) is 6.73. The second-order valence-corrected chi connectivity index (χ2v) is 12.1. The molecule has 0 unspecified atom stereocenters. The largest absolute Gasteiger partial charge is 0.345 e. The number of amidine groups is 1. The lowest BCUT2D eigenvalue weighted by molar-refractivity contribution is -0.133. The lowest BCUT2D eigenvalue weighted by atomic mass is 9.76. The van der Waals surface area contributed by atoms with Crippen molar-refractivity contribution in [2.45, 2.75) is 83.8 Å². The maximum absolute atomic E-state index is 14.3. The van der Waals surface area contributed by atoms with Gasteiger partial charge in [-0.3, -0.25) is 14.6 Å². The highest BCUT2D eigenvalue weighted by molar-refractivity contribution is 6.46. The van der Waals surface area contributed by atoms with E-state index in [2.05, 4.69) is 41.3 Å². The van der Waals surface area contributed by atoms with Crippen molar-refractivity contribution in [1.82, 2.24) is 10.2 Å². The summed E-state index contributed by atoms with van der Waals surface area (Å²) in [7, 11) is 0. The van der Waals surface area contributed by atoms with E-state index in [4.69, 9.17) is 4.99 Å². The zero-order valence-electron chi connectivity index (χ0n) is 25.2. The Morgan fingerprint density at radius 1 is 1.07 bits per heavy atom. The molecule has 2 aliphatic heterocycles. The molecule has 2 heterocycles. The van der Waals surface area contributed by atoms with E-state index in [1.165, 1.54) is 12.1 Å². The SMILES string of the molecule is CCCCC[C@H](c1ccc(C(=O)NCC2=NCN=N2)cc1)N1C(=O)C(c2cc(F)cc(F)c2)=NC12CCC(C(C)C)CC2. The Labute approximate surface area is 251 Å². The molecule has 1 aliphatic carbocycles. The summed E-state index contributed by atoms with van der Waals surface area (Å²) in [6.45, 7) is 7.07.